The molecule has 0 amide bonds. The third-order valence-corrected chi connectivity index (χ3v) is 3.60. The van der Waals surface area contributed by atoms with Crippen LogP contribution in [-0.4, -0.2) is 19.7 Å². The van der Waals surface area contributed by atoms with Gasteiger partial charge in [0.2, 0.25) is 0 Å². The fourth-order valence-corrected chi connectivity index (χ4v) is 2.07. The Labute approximate surface area is 124 Å². The molecule has 4 nitrogen and oxygen atoms in total. The van der Waals surface area contributed by atoms with Crippen LogP contribution in [0.3, 0.4) is 0 Å². The van der Waals surface area contributed by atoms with Gasteiger partial charge in [-0.3, -0.25) is 4.79 Å². The Balaban J connectivity index is 2.30. The lowest BCUT2D eigenvalue weighted by atomic mass is 10.0. The summed E-state index contributed by atoms with van der Waals surface area (Å²) in [6.45, 7) is 0. The Kier molecular flexibility index (Phi) is 4.23. The van der Waals surface area contributed by atoms with Gasteiger partial charge in [0, 0.05) is 11.1 Å². The van der Waals surface area contributed by atoms with Crippen molar-refractivity contribution in [2.75, 3.05) is 0 Å². The van der Waals surface area contributed by atoms with Crippen LogP contribution < -0.4 is 4.18 Å². The van der Waals surface area contributed by atoms with Crippen molar-refractivity contribution in [1.82, 2.24) is 0 Å². The van der Waals surface area contributed by atoms with E-state index in [1.807, 2.05) is 0 Å². The highest BCUT2D eigenvalue weighted by Gasteiger charge is 2.48. The normalized spacial score (nSPS) is 12.0. The third kappa shape index (κ3) is 3.45. The molecule has 116 valence electrons. The maximum atomic E-state index is 12.3. The molecule has 0 saturated carbocycles. The molecule has 0 saturated heterocycles. The van der Waals surface area contributed by atoms with Gasteiger partial charge in [-0.1, -0.05) is 42.5 Å². The molecule has 0 aromatic heterocycles. The summed E-state index contributed by atoms with van der Waals surface area (Å²) in [5, 5.41) is 0. The van der Waals surface area contributed by atoms with Crippen molar-refractivity contribution in [2.45, 2.75) is 5.51 Å². The number of alkyl halides is 3. The summed E-state index contributed by atoms with van der Waals surface area (Å²) in [5.41, 5.74) is -5.20. The first-order valence-corrected chi connectivity index (χ1v) is 7.32. The minimum atomic E-state index is -5.77. The number of benzene rings is 2. The van der Waals surface area contributed by atoms with E-state index in [9.17, 15) is 26.4 Å². The number of ketones is 1. The first kappa shape index (κ1) is 16.0. The van der Waals surface area contributed by atoms with Gasteiger partial charge in [-0.15, -0.1) is 0 Å². The van der Waals surface area contributed by atoms with Crippen molar-refractivity contribution in [1.29, 1.82) is 0 Å². The van der Waals surface area contributed by atoms with Crippen molar-refractivity contribution < 1.29 is 30.6 Å². The maximum Gasteiger partial charge on any atom is 0.534 e. The topological polar surface area (TPSA) is 60.4 Å². The average Bonchev–Trinajstić information content (AvgIpc) is 2.46. The number of rotatable bonds is 4. The zero-order valence-corrected chi connectivity index (χ0v) is 11.7. The molecule has 2 aromatic rings. The average molecular weight is 330 g/mol. The SMILES string of the molecule is O=C(c1ccccc1)c1cccc(OS(=O)(=O)C(F)(F)F)c1. The van der Waals surface area contributed by atoms with Crippen LogP contribution in [0.5, 0.6) is 5.75 Å². The molecule has 0 spiro atoms. The van der Waals surface area contributed by atoms with Crippen LogP contribution in [-0.2, 0) is 10.1 Å². The highest BCUT2D eigenvalue weighted by atomic mass is 32.2. The molecular formula is C14H9F3O4S. The molecule has 0 bridgehead atoms. The van der Waals surface area contributed by atoms with E-state index in [0.29, 0.717) is 5.56 Å². The van der Waals surface area contributed by atoms with Crippen LogP contribution in [0.25, 0.3) is 0 Å². The quantitative estimate of drug-likeness (QED) is 0.491. The third-order valence-electron chi connectivity index (χ3n) is 2.62. The van der Waals surface area contributed by atoms with E-state index in [1.54, 1.807) is 18.2 Å². The molecule has 0 aliphatic carbocycles. The van der Waals surface area contributed by atoms with Crippen LogP contribution >= 0.6 is 0 Å². The lowest BCUT2D eigenvalue weighted by Crippen LogP contribution is -2.28. The summed E-state index contributed by atoms with van der Waals surface area (Å²) in [5.74, 6) is -1.05. The van der Waals surface area contributed by atoms with Gasteiger partial charge in [-0.25, -0.2) is 0 Å². The lowest BCUT2D eigenvalue weighted by Gasteiger charge is -2.10. The summed E-state index contributed by atoms with van der Waals surface area (Å²) in [4.78, 5) is 12.1. The molecule has 2 rings (SSSR count). The van der Waals surface area contributed by atoms with E-state index in [0.717, 1.165) is 12.1 Å². The summed E-state index contributed by atoms with van der Waals surface area (Å²) >= 11 is 0. The Bertz CT molecular complexity index is 783. The summed E-state index contributed by atoms with van der Waals surface area (Å²) in [6, 6.07) is 12.6. The Morgan fingerprint density at radius 1 is 0.909 bits per heavy atom. The van der Waals surface area contributed by atoms with E-state index < -0.39 is 27.2 Å². The van der Waals surface area contributed by atoms with Gasteiger partial charge in [0.1, 0.15) is 5.75 Å². The minimum Gasteiger partial charge on any atom is -0.376 e. The van der Waals surface area contributed by atoms with E-state index in [4.69, 9.17) is 0 Å². The van der Waals surface area contributed by atoms with Crippen molar-refractivity contribution in [3.8, 4) is 5.75 Å². The van der Waals surface area contributed by atoms with Crippen molar-refractivity contribution in [3.05, 3.63) is 65.7 Å². The number of carbonyl (C=O) groups is 1. The fourth-order valence-electron chi connectivity index (χ4n) is 1.62. The highest BCUT2D eigenvalue weighted by Crippen LogP contribution is 2.27. The number of halogens is 3. The van der Waals surface area contributed by atoms with Gasteiger partial charge >= 0.3 is 15.6 Å². The Morgan fingerprint density at radius 3 is 2.09 bits per heavy atom. The monoisotopic (exact) mass is 330 g/mol. The molecule has 0 unspecified atom stereocenters. The smallest absolute Gasteiger partial charge is 0.376 e. The molecule has 0 fully saturated rings. The van der Waals surface area contributed by atoms with Crippen LogP contribution in [0.15, 0.2) is 54.6 Å². The maximum absolute atomic E-state index is 12.3. The second-order valence-corrected chi connectivity index (χ2v) is 5.74. The molecule has 0 radical (unpaired) electrons. The van der Waals surface area contributed by atoms with Crippen LogP contribution in [0, 0.1) is 0 Å². The lowest BCUT2D eigenvalue weighted by molar-refractivity contribution is -0.0500. The predicted octanol–water partition coefficient (Wildman–Crippen LogP) is 3.15. The Morgan fingerprint density at radius 2 is 1.50 bits per heavy atom. The van der Waals surface area contributed by atoms with Crippen molar-refractivity contribution in [2.24, 2.45) is 0 Å². The Hall–Kier alpha value is -2.35. The van der Waals surface area contributed by atoms with Crippen LogP contribution in [0.2, 0.25) is 0 Å². The molecule has 0 atom stereocenters. The fraction of sp³-hybridized carbons (Fsp3) is 0.0714. The second-order valence-electron chi connectivity index (χ2n) is 4.21. The predicted molar refractivity (Wildman–Crippen MR) is 71.9 cm³/mol. The van der Waals surface area contributed by atoms with Gasteiger partial charge in [-0.05, 0) is 12.1 Å². The molecule has 22 heavy (non-hydrogen) atoms. The van der Waals surface area contributed by atoms with Crippen molar-refractivity contribution in [3.63, 3.8) is 0 Å². The van der Waals surface area contributed by atoms with E-state index in [1.165, 1.54) is 24.3 Å². The molecule has 2 aromatic carbocycles. The first-order valence-electron chi connectivity index (χ1n) is 5.91. The molecule has 0 aliphatic rings. The zero-order valence-electron chi connectivity index (χ0n) is 10.9. The van der Waals surface area contributed by atoms with Gasteiger partial charge in [0.15, 0.2) is 5.78 Å². The van der Waals surface area contributed by atoms with Gasteiger partial charge in [0.05, 0.1) is 0 Å². The van der Waals surface area contributed by atoms with Crippen LogP contribution in [0.1, 0.15) is 15.9 Å². The molecule has 8 heteroatoms. The molecular weight excluding hydrogens is 321 g/mol. The standard InChI is InChI=1S/C14H9F3O4S/c15-14(16,17)22(19,20)21-12-8-4-7-11(9-12)13(18)10-5-2-1-3-6-10/h1-9H. The minimum absolute atomic E-state index is 0.0149. The second kappa shape index (κ2) is 5.80. The zero-order chi connectivity index (χ0) is 16.4. The van der Waals surface area contributed by atoms with Crippen LogP contribution in [0.4, 0.5) is 13.2 Å². The van der Waals surface area contributed by atoms with E-state index in [-0.39, 0.29) is 5.56 Å². The van der Waals surface area contributed by atoms with Crippen molar-refractivity contribution >= 4 is 15.9 Å². The van der Waals surface area contributed by atoms with Gasteiger partial charge in [0.25, 0.3) is 0 Å². The number of hydrogen-bond donors (Lipinski definition) is 0. The molecule has 0 heterocycles. The van der Waals surface area contributed by atoms with Gasteiger partial charge < -0.3 is 4.18 Å². The number of hydrogen-bond acceptors (Lipinski definition) is 4. The largest absolute Gasteiger partial charge is 0.534 e. The molecule has 0 aliphatic heterocycles. The summed E-state index contributed by atoms with van der Waals surface area (Å²) in [7, 11) is -5.77. The number of carbonyl (C=O) groups excluding carboxylic acids is 1. The first-order chi connectivity index (χ1) is 10.2. The van der Waals surface area contributed by atoms with Gasteiger partial charge in [-0.2, -0.15) is 21.6 Å². The van der Waals surface area contributed by atoms with E-state index >= 15 is 0 Å². The summed E-state index contributed by atoms with van der Waals surface area (Å²) in [6.07, 6.45) is 0. The highest BCUT2D eigenvalue weighted by molar-refractivity contribution is 7.88. The summed E-state index contributed by atoms with van der Waals surface area (Å²) < 4.78 is 62.7. The van der Waals surface area contributed by atoms with E-state index in [2.05, 4.69) is 4.18 Å². The molecule has 0 N–H and O–H groups in total.